The minimum atomic E-state index is 0.273. The van der Waals surface area contributed by atoms with Crippen LogP contribution in [-0.2, 0) is 11.2 Å². The Labute approximate surface area is 74.9 Å². The molecule has 3 heteroatoms. The first-order valence-corrected chi connectivity index (χ1v) is 4.82. The summed E-state index contributed by atoms with van der Waals surface area (Å²) in [5, 5.41) is 0. The Bertz CT molecular complexity index is 313. The summed E-state index contributed by atoms with van der Waals surface area (Å²) >= 11 is 1.65. The van der Waals surface area contributed by atoms with Crippen molar-refractivity contribution >= 4 is 17.1 Å². The van der Waals surface area contributed by atoms with Crippen LogP contribution in [0.1, 0.15) is 17.7 Å². The van der Waals surface area contributed by atoms with E-state index in [4.69, 9.17) is 0 Å². The van der Waals surface area contributed by atoms with E-state index in [0.717, 1.165) is 12.8 Å². The second-order valence-electron chi connectivity index (χ2n) is 2.91. The van der Waals surface area contributed by atoms with Crippen molar-refractivity contribution < 1.29 is 4.79 Å². The molecule has 0 aliphatic heterocycles. The molecule has 1 aromatic rings. The number of carbonyl (C=O) groups is 1. The molecule has 1 aromatic heterocycles. The van der Waals surface area contributed by atoms with Crippen molar-refractivity contribution in [3.63, 3.8) is 0 Å². The molecule has 1 aliphatic carbocycles. The van der Waals surface area contributed by atoms with Gasteiger partial charge in [-0.05, 0) is 12.5 Å². The summed E-state index contributed by atoms with van der Waals surface area (Å²) in [5.41, 5.74) is 3.08. The highest BCUT2D eigenvalue weighted by molar-refractivity contribution is 7.09. The van der Waals surface area contributed by atoms with Crippen LogP contribution in [0.3, 0.4) is 0 Å². The molecule has 0 amide bonds. The van der Waals surface area contributed by atoms with Gasteiger partial charge >= 0.3 is 0 Å². The molecule has 0 radical (unpaired) electrons. The van der Waals surface area contributed by atoms with Gasteiger partial charge in [0, 0.05) is 23.9 Å². The van der Waals surface area contributed by atoms with E-state index in [2.05, 4.69) is 4.98 Å². The van der Waals surface area contributed by atoms with Gasteiger partial charge in [0.05, 0.1) is 5.51 Å². The molecule has 0 saturated carbocycles. The molecule has 2 nitrogen and oxygen atoms in total. The van der Waals surface area contributed by atoms with E-state index in [9.17, 15) is 4.79 Å². The number of rotatable bonds is 2. The lowest BCUT2D eigenvalue weighted by Gasteiger charge is -1.94. The van der Waals surface area contributed by atoms with E-state index in [-0.39, 0.29) is 5.78 Å². The molecule has 1 heterocycles. The minimum absolute atomic E-state index is 0.273. The topological polar surface area (TPSA) is 30.0 Å². The molecule has 0 atom stereocenters. The maximum absolute atomic E-state index is 10.9. The van der Waals surface area contributed by atoms with Crippen LogP contribution in [-0.4, -0.2) is 10.8 Å². The second kappa shape index (κ2) is 3.19. The lowest BCUT2D eigenvalue weighted by atomic mass is 10.1. The average Bonchev–Trinajstić information content (AvgIpc) is 2.63. The summed E-state index contributed by atoms with van der Waals surface area (Å²) in [6, 6.07) is 0. The molecule has 2 rings (SSSR count). The summed E-state index contributed by atoms with van der Waals surface area (Å²) in [7, 11) is 0. The van der Waals surface area contributed by atoms with Crippen molar-refractivity contribution in [1.82, 2.24) is 4.98 Å². The van der Waals surface area contributed by atoms with Gasteiger partial charge in [0.25, 0.3) is 0 Å². The van der Waals surface area contributed by atoms with Crippen LogP contribution in [0, 0.1) is 0 Å². The molecule has 0 N–H and O–H groups in total. The molecule has 12 heavy (non-hydrogen) atoms. The Balaban J connectivity index is 2.05. The fourth-order valence-corrected chi connectivity index (χ4v) is 2.00. The summed E-state index contributed by atoms with van der Waals surface area (Å²) in [4.78, 5) is 16.1. The number of nitrogens with zero attached hydrogens (tertiary/aromatic N) is 1. The van der Waals surface area contributed by atoms with Crippen LogP contribution in [0.5, 0.6) is 0 Å². The highest BCUT2D eigenvalue weighted by Crippen LogP contribution is 2.20. The van der Waals surface area contributed by atoms with E-state index in [1.807, 2.05) is 11.7 Å². The van der Waals surface area contributed by atoms with E-state index < -0.39 is 0 Å². The fourth-order valence-electron chi connectivity index (χ4n) is 1.35. The van der Waals surface area contributed by atoms with Gasteiger partial charge in [-0.25, -0.2) is 0 Å². The number of thiazole rings is 1. The predicted octanol–water partition coefficient (Wildman–Crippen LogP) is 1.97. The first kappa shape index (κ1) is 7.68. The van der Waals surface area contributed by atoms with Gasteiger partial charge in [0.1, 0.15) is 0 Å². The second-order valence-corrected chi connectivity index (χ2v) is 3.88. The molecule has 0 unspecified atom stereocenters. The van der Waals surface area contributed by atoms with E-state index in [0.29, 0.717) is 6.42 Å². The normalized spacial score (nSPS) is 16.7. The lowest BCUT2D eigenvalue weighted by Crippen LogP contribution is -1.82. The molecule has 62 valence electrons. The molecule has 0 bridgehead atoms. The monoisotopic (exact) mass is 179 g/mol. The largest absolute Gasteiger partial charge is 0.295 e. The number of aromatic nitrogens is 1. The quantitative estimate of drug-likeness (QED) is 0.694. The van der Waals surface area contributed by atoms with Gasteiger partial charge in [-0.3, -0.25) is 9.78 Å². The van der Waals surface area contributed by atoms with Gasteiger partial charge in [-0.2, -0.15) is 0 Å². The highest BCUT2D eigenvalue weighted by atomic mass is 32.1. The van der Waals surface area contributed by atoms with Crippen molar-refractivity contribution in [2.45, 2.75) is 19.3 Å². The Morgan fingerprint density at radius 3 is 3.00 bits per heavy atom. The van der Waals surface area contributed by atoms with Crippen molar-refractivity contribution in [1.29, 1.82) is 0 Å². The number of carbonyl (C=O) groups excluding carboxylic acids is 1. The smallest absolute Gasteiger partial charge is 0.155 e. The standard InChI is InChI=1S/C9H9NOS/c11-8-2-1-7(3-8)4-9-5-10-6-12-9/h3,5-6H,1-2,4H2. The van der Waals surface area contributed by atoms with Crippen molar-refractivity contribution in [2.75, 3.05) is 0 Å². The first-order chi connectivity index (χ1) is 5.84. The summed E-state index contributed by atoms with van der Waals surface area (Å²) in [6.45, 7) is 0. The van der Waals surface area contributed by atoms with Crippen LogP contribution in [0.4, 0.5) is 0 Å². The molecule has 1 aliphatic rings. The average molecular weight is 179 g/mol. The van der Waals surface area contributed by atoms with Gasteiger partial charge in [-0.15, -0.1) is 11.3 Å². The van der Waals surface area contributed by atoms with Gasteiger partial charge in [0.2, 0.25) is 0 Å². The zero-order valence-electron chi connectivity index (χ0n) is 6.62. The number of hydrogen-bond donors (Lipinski definition) is 0. The Morgan fingerprint density at radius 2 is 2.42 bits per heavy atom. The third-order valence-electron chi connectivity index (χ3n) is 1.94. The number of ketones is 1. The van der Waals surface area contributed by atoms with Crippen LogP contribution in [0.15, 0.2) is 23.4 Å². The van der Waals surface area contributed by atoms with Crippen LogP contribution in [0.25, 0.3) is 0 Å². The third-order valence-corrected chi connectivity index (χ3v) is 2.72. The van der Waals surface area contributed by atoms with E-state index in [1.54, 1.807) is 17.4 Å². The van der Waals surface area contributed by atoms with Gasteiger partial charge < -0.3 is 0 Å². The maximum atomic E-state index is 10.9. The van der Waals surface area contributed by atoms with Crippen molar-refractivity contribution in [3.8, 4) is 0 Å². The molecule has 0 saturated heterocycles. The number of hydrogen-bond acceptors (Lipinski definition) is 3. The summed E-state index contributed by atoms with van der Waals surface area (Å²) in [5.74, 6) is 0.273. The SMILES string of the molecule is O=C1C=C(Cc2cncs2)CC1. The van der Waals surface area contributed by atoms with Crippen LogP contribution in [0.2, 0.25) is 0 Å². The highest BCUT2D eigenvalue weighted by Gasteiger charge is 2.12. The van der Waals surface area contributed by atoms with Crippen molar-refractivity contribution in [3.05, 3.63) is 28.2 Å². The third kappa shape index (κ3) is 1.61. The minimum Gasteiger partial charge on any atom is -0.295 e. The molecular formula is C9H9NOS. The van der Waals surface area contributed by atoms with E-state index in [1.165, 1.54) is 10.5 Å². The summed E-state index contributed by atoms with van der Waals surface area (Å²) in [6.07, 6.45) is 6.20. The Kier molecular flexibility index (Phi) is 2.04. The maximum Gasteiger partial charge on any atom is 0.155 e. The zero-order chi connectivity index (χ0) is 8.39. The Hall–Kier alpha value is -0.960. The molecular weight excluding hydrogens is 170 g/mol. The van der Waals surface area contributed by atoms with Crippen LogP contribution >= 0.6 is 11.3 Å². The number of allylic oxidation sites excluding steroid dienone is 2. The summed E-state index contributed by atoms with van der Waals surface area (Å²) < 4.78 is 0. The lowest BCUT2D eigenvalue weighted by molar-refractivity contribution is -0.114. The van der Waals surface area contributed by atoms with Gasteiger partial charge in [-0.1, -0.05) is 5.57 Å². The molecule has 0 aromatic carbocycles. The molecule has 0 fully saturated rings. The van der Waals surface area contributed by atoms with Crippen molar-refractivity contribution in [2.24, 2.45) is 0 Å². The first-order valence-electron chi connectivity index (χ1n) is 3.94. The Morgan fingerprint density at radius 1 is 1.50 bits per heavy atom. The van der Waals surface area contributed by atoms with Crippen LogP contribution < -0.4 is 0 Å². The van der Waals surface area contributed by atoms with E-state index >= 15 is 0 Å². The predicted molar refractivity (Wildman–Crippen MR) is 48.1 cm³/mol. The fraction of sp³-hybridized carbons (Fsp3) is 0.333. The van der Waals surface area contributed by atoms with Gasteiger partial charge in [0.15, 0.2) is 5.78 Å². The molecule has 0 spiro atoms. The zero-order valence-corrected chi connectivity index (χ0v) is 7.43.